The second kappa shape index (κ2) is 7.73. The van der Waals surface area contributed by atoms with Gasteiger partial charge in [0.1, 0.15) is 0 Å². The van der Waals surface area contributed by atoms with Gasteiger partial charge in [0, 0.05) is 0 Å². The lowest BCUT2D eigenvalue weighted by Crippen LogP contribution is -2.19. The van der Waals surface area contributed by atoms with Crippen molar-refractivity contribution in [3.05, 3.63) is 29.8 Å². The Kier molecular flexibility index (Phi) is 6.24. The lowest BCUT2D eigenvalue weighted by atomic mass is 10.1. The number of hydrogen-bond acceptors (Lipinski definition) is 4. The van der Waals surface area contributed by atoms with Gasteiger partial charge in [-0.05, 0) is 30.9 Å². The fourth-order valence-corrected chi connectivity index (χ4v) is 2.12. The third-order valence-corrected chi connectivity index (χ3v) is 3.24. The van der Waals surface area contributed by atoms with Gasteiger partial charge < -0.3 is 16.8 Å². The minimum Gasteiger partial charge on any atom is -0.366 e. The number of para-hydroxylation sites is 1. The summed E-state index contributed by atoms with van der Waals surface area (Å²) in [7, 11) is 0. The molecule has 1 aromatic carbocycles. The van der Waals surface area contributed by atoms with Gasteiger partial charge in [0.05, 0.1) is 17.0 Å². The Balaban J connectivity index is 2.51. The van der Waals surface area contributed by atoms with Gasteiger partial charge in [0.25, 0.3) is 5.91 Å². The average molecular weight is 267 g/mol. The van der Waals surface area contributed by atoms with E-state index in [0.29, 0.717) is 23.5 Å². The van der Waals surface area contributed by atoms with Crippen molar-refractivity contribution >= 4 is 29.3 Å². The molecule has 0 aliphatic heterocycles. The van der Waals surface area contributed by atoms with Crippen LogP contribution in [0.3, 0.4) is 0 Å². The molecule has 0 spiro atoms. The highest BCUT2D eigenvalue weighted by Gasteiger charge is 2.09. The van der Waals surface area contributed by atoms with Crippen LogP contribution in [0.25, 0.3) is 0 Å². The van der Waals surface area contributed by atoms with Crippen LogP contribution in [0.5, 0.6) is 0 Å². The zero-order valence-electron chi connectivity index (χ0n) is 10.0. The van der Waals surface area contributed by atoms with Crippen LogP contribution in [0.2, 0.25) is 0 Å². The maximum atomic E-state index is 11.6. The number of primary amides is 1. The molecule has 0 aromatic heterocycles. The normalized spacial score (nSPS) is 10.1. The highest BCUT2D eigenvalue weighted by atomic mass is 32.2. The number of hydrogen-bond donors (Lipinski definition) is 3. The Morgan fingerprint density at radius 1 is 1.28 bits per heavy atom. The molecule has 0 saturated carbocycles. The Morgan fingerprint density at radius 3 is 2.67 bits per heavy atom. The first kappa shape index (κ1) is 14.5. The Labute approximate surface area is 110 Å². The van der Waals surface area contributed by atoms with Crippen LogP contribution in [0.1, 0.15) is 16.8 Å². The monoisotopic (exact) mass is 267 g/mol. The third kappa shape index (κ3) is 4.77. The van der Waals surface area contributed by atoms with E-state index in [1.54, 1.807) is 24.3 Å². The van der Waals surface area contributed by atoms with E-state index < -0.39 is 5.91 Å². The molecule has 0 heterocycles. The number of carbonyl (C=O) groups is 2. The highest BCUT2D eigenvalue weighted by Crippen LogP contribution is 2.14. The predicted molar refractivity (Wildman–Crippen MR) is 74.6 cm³/mol. The zero-order valence-corrected chi connectivity index (χ0v) is 10.8. The number of amides is 2. The highest BCUT2D eigenvalue weighted by molar-refractivity contribution is 7.99. The van der Waals surface area contributed by atoms with Crippen LogP contribution in [0, 0.1) is 0 Å². The third-order valence-electron chi connectivity index (χ3n) is 2.19. The van der Waals surface area contributed by atoms with E-state index >= 15 is 0 Å². The second-order valence-corrected chi connectivity index (χ2v) is 4.76. The summed E-state index contributed by atoms with van der Waals surface area (Å²) in [6, 6.07) is 6.68. The molecule has 2 amide bonds. The SMILES string of the molecule is NCCCSCC(=O)Nc1ccccc1C(N)=O. The van der Waals surface area contributed by atoms with E-state index in [1.165, 1.54) is 11.8 Å². The molecule has 0 fully saturated rings. The van der Waals surface area contributed by atoms with Gasteiger partial charge in [-0.15, -0.1) is 0 Å². The fraction of sp³-hybridized carbons (Fsp3) is 0.333. The van der Waals surface area contributed by atoms with Crippen molar-refractivity contribution in [2.75, 3.05) is 23.4 Å². The smallest absolute Gasteiger partial charge is 0.250 e. The van der Waals surface area contributed by atoms with E-state index in [2.05, 4.69) is 5.32 Å². The Morgan fingerprint density at radius 2 is 2.00 bits per heavy atom. The molecule has 5 nitrogen and oxygen atoms in total. The first-order valence-corrected chi connectivity index (χ1v) is 6.77. The van der Waals surface area contributed by atoms with Crippen LogP contribution < -0.4 is 16.8 Å². The summed E-state index contributed by atoms with van der Waals surface area (Å²) in [6.45, 7) is 0.624. The van der Waals surface area contributed by atoms with Gasteiger partial charge in [-0.2, -0.15) is 11.8 Å². The molecule has 0 aliphatic carbocycles. The molecule has 0 unspecified atom stereocenters. The van der Waals surface area contributed by atoms with Gasteiger partial charge >= 0.3 is 0 Å². The molecule has 1 aromatic rings. The Bertz CT molecular complexity index is 424. The summed E-state index contributed by atoms with van der Waals surface area (Å²) in [6.07, 6.45) is 0.885. The van der Waals surface area contributed by atoms with Crippen LogP contribution in [-0.4, -0.2) is 29.9 Å². The maximum Gasteiger partial charge on any atom is 0.250 e. The summed E-state index contributed by atoms with van der Waals surface area (Å²) >= 11 is 1.51. The van der Waals surface area contributed by atoms with Crippen LogP contribution >= 0.6 is 11.8 Å². The van der Waals surface area contributed by atoms with Crippen molar-refractivity contribution in [1.82, 2.24) is 0 Å². The van der Waals surface area contributed by atoms with Gasteiger partial charge in [-0.1, -0.05) is 12.1 Å². The van der Waals surface area contributed by atoms with Gasteiger partial charge in [-0.3, -0.25) is 9.59 Å². The Hall–Kier alpha value is -1.53. The van der Waals surface area contributed by atoms with Gasteiger partial charge in [0.15, 0.2) is 0 Å². The number of carbonyl (C=O) groups excluding carboxylic acids is 2. The standard InChI is InChI=1S/C12H17N3O2S/c13-6-3-7-18-8-11(16)15-10-5-2-1-4-9(10)12(14)17/h1-2,4-5H,3,6-8,13H2,(H2,14,17)(H,15,16). The molecule has 0 bridgehead atoms. The minimum absolute atomic E-state index is 0.147. The van der Waals surface area contributed by atoms with Crippen molar-refractivity contribution in [3.63, 3.8) is 0 Å². The van der Waals surface area contributed by atoms with Crippen molar-refractivity contribution in [1.29, 1.82) is 0 Å². The van der Waals surface area contributed by atoms with E-state index in [0.717, 1.165) is 12.2 Å². The minimum atomic E-state index is -0.554. The summed E-state index contributed by atoms with van der Waals surface area (Å²) in [5, 5.41) is 2.68. The van der Waals surface area contributed by atoms with Crippen molar-refractivity contribution in [3.8, 4) is 0 Å². The molecule has 98 valence electrons. The second-order valence-electron chi connectivity index (χ2n) is 3.65. The average Bonchev–Trinajstić information content (AvgIpc) is 2.35. The summed E-state index contributed by atoms with van der Waals surface area (Å²) in [5.74, 6) is 0.487. The number of benzene rings is 1. The summed E-state index contributed by atoms with van der Waals surface area (Å²) in [5.41, 5.74) is 11.3. The molecule has 5 N–H and O–H groups in total. The molecule has 0 radical (unpaired) electrons. The summed E-state index contributed by atoms with van der Waals surface area (Å²) < 4.78 is 0. The topological polar surface area (TPSA) is 98.2 Å². The van der Waals surface area contributed by atoms with Gasteiger partial charge in [0.2, 0.25) is 5.91 Å². The quantitative estimate of drug-likeness (QED) is 0.636. The number of thioether (sulfide) groups is 1. The molecule has 18 heavy (non-hydrogen) atoms. The number of nitrogens with one attached hydrogen (secondary N) is 1. The summed E-state index contributed by atoms with van der Waals surface area (Å²) in [4.78, 5) is 22.8. The number of rotatable bonds is 7. The molecule has 1 rings (SSSR count). The lowest BCUT2D eigenvalue weighted by Gasteiger charge is -2.08. The van der Waals surface area contributed by atoms with E-state index in [4.69, 9.17) is 11.5 Å². The van der Waals surface area contributed by atoms with E-state index in [9.17, 15) is 9.59 Å². The zero-order chi connectivity index (χ0) is 13.4. The van der Waals surface area contributed by atoms with Crippen LogP contribution in [-0.2, 0) is 4.79 Å². The van der Waals surface area contributed by atoms with Crippen molar-refractivity contribution in [2.45, 2.75) is 6.42 Å². The first-order chi connectivity index (χ1) is 8.65. The predicted octanol–water partition coefficient (Wildman–Crippen LogP) is 0.806. The molecule has 6 heteroatoms. The number of anilines is 1. The van der Waals surface area contributed by atoms with Crippen LogP contribution in [0.4, 0.5) is 5.69 Å². The molecule has 0 aliphatic rings. The van der Waals surface area contributed by atoms with Crippen molar-refractivity contribution < 1.29 is 9.59 Å². The molecular formula is C12H17N3O2S. The van der Waals surface area contributed by atoms with Crippen LogP contribution in [0.15, 0.2) is 24.3 Å². The molecule has 0 atom stereocenters. The lowest BCUT2D eigenvalue weighted by molar-refractivity contribution is -0.113. The molecular weight excluding hydrogens is 250 g/mol. The van der Waals surface area contributed by atoms with E-state index in [-0.39, 0.29) is 5.91 Å². The first-order valence-electron chi connectivity index (χ1n) is 5.61. The van der Waals surface area contributed by atoms with Crippen molar-refractivity contribution in [2.24, 2.45) is 11.5 Å². The largest absolute Gasteiger partial charge is 0.366 e. The number of nitrogens with two attached hydrogens (primary N) is 2. The van der Waals surface area contributed by atoms with E-state index in [1.807, 2.05) is 0 Å². The maximum absolute atomic E-state index is 11.6. The van der Waals surface area contributed by atoms with Gasteiger partial charge in [-0.25, -0.2) is 0 Å². The fourth-order valence-electron chi connectivity index (χ4n) is 1.34. The molecule has 0 saturated heterocycles.